The number of ether oxygens (including phenoxy) is 1. The summed E-state index contributed by atoms with van der Waals surface area (Å²) in [5, 5.41) is 3.04. The Morgan fingerprint density at radius 2 is 1.73 bits per heavy atom. The Morgan fingerprint density at radius 1 is 1.09 bits per heavy atom. The molecule has 2 aromatic carbocycles. The monoisotopic (exact) mass is 297 g/mol. The van der Waals surface area contributed by atoms with Crippen molar-refractivity contribution in [1.82, 2.24) is 5.32 Å². The predicted octanol–water partition coefficient (Wildman–Crippen LogP) is 3.81. The molecule has 0 bridgehead atoms. The van der Waals surface area contributed by atoms with Crippen LogP contribution in [0, 0.1) is 6.92 Å². The lowest BCUT2D eigenvalue weighted by Gasteiger charge is -2.14. The summed E-state index contributed by atoms with van der Waals surface area (Å²) in [6.45, 7) is 4.07. The molecule has 116 valence electrons. The van der Waals surface area contributed by atoms with Gasteiger partial charge in [0.1, 0.15) is 5.75 Å². The lowest BCUT2D eigenvalue weighted by atomic mass is 10.1. The van der Waals surface area contributed by atoms with Gasteiger partial charge >= 0.3 is 0 Å². The second-order valence-electron chi connectivity index (χ2n) is 5.55. The van der Waals surface area contributed by atoms with Crippen LogP contribution >= 0.6 is 0 Å². The van der Waals surface area contributed by atoms with E-state index < -0.39 is 0 Å². The van der Waals surface area contributed by atoms with E-state index in [9.17, 15) is 4.79 Å². The highest BCUT2D eigenvalue weighted by Crippen LogP contribution is 2.15. The maximum Gasteiger partial charge on any atom is 0.220 e. The van der Waals surface area contributed by atoms with Crippen molar-refractivity contribution in [2.45, 2.75) is 32.7 Å². The molecule has 0 fully saturated rings. The number of hydrogen-bond acceptors (Lipinski definition) is 2. The van der Waals surface area contributed by atoms with Crippen LogP contribution in [0.2, 0.25) is 0 Å². The number of methoxy groups -OCH3 is 1. The highest BCUT2D eigenvalue weighted by atomic mass is 16.5. The van der Waals surface area contributed by atoms with Gasteiger partial charge < -0.3 is 10.1 Å². The standard InChI is InChI=1S/C19H23NO2/c1-14-4-9-17(10-5-14)15(2)20-19(21)13-8-16-6-11-18(22-3)12-7-16/h4-7,9-12,15H,8,13H2,1-3H3,(H,20,21)/t15-/m0/s1. The molecule has 1 atom stereocenters. The summed E-state index contributed by atoms with van der Waals surface area (Å²) in [5.74, 6) is 0.907. The summed E-state index contributed by atoms with van der Waals surface area (Å²) in [5.41, 5.74) is 3.49. The third-order valence-corrected chi connectivity index (χ3v) is 3.75. The molecule has 1 N–H and O–H groups in total. The molecule has 0 radical (unpaired) electrons. The Bertz CT molecular complexity index is 602. The van der Waals surface area contributed by atoms with E-state index in [1.54, 1.807) is 7.11 Å². The van der Waals surface area contributed by atoms with Crippen LogP contribution in [0.15, 0.2) is 48.5 Å². The van der Waals surface area contributed by atoms with Crippen molar-refractivity contribution < 1.29 is 9.53 Å². The molecule has 0 saturated heterocycles. The molecule has 3 heteroatoms. The first-order valence-electron chi connectivity index (χ1n) is 7.57. The highest BCUT2D eigenvalue weighted by Gasteiger charge is 2.09. The molecule has 0 aliphatic rings. The van der Waals surface area contributed by atoms with Gasteiger partial charge in [0.25, 0.3) is 0 Å². The molecule has 0 aromatic heterocycles. The van der Waals surface area contributed by atoms with Crippen molar-refractivity contribution in [2.75, 3.05) is 7.11 Å². The third-order valence-electron chi connectivity index (χ3n) is 3.75. The van der Waals surface area contributed by atoms with Gasteiger partial charge in [0.05, 0.1) is 13.2 Å². The van der Waals surface area contributed by atoms with Crippen LogP contribution in [0.5, 0.6) is 5.75 Å². The fourth-order valence-corrected chi connectivity index (χ4v) is 2.30. The molecule has 0 aliphatic carbocycles. The Morgan fingerprint density at radius 3 is 2.32 bits per heavy atom. The fourth-order valence-electron chi connectivity index (χ4n) is 2.30. The molecule has 0 heterocycles. The van der Waals surface area contributed by atoms with E-state index >= 15 is 0 Å². The van der Waals surface area contributed by atoms with Crippen LogP contribution in [-0.4, -0.2) is 13.0 Å². The van der Waals surface area contributed by atoms with Crippen LogP contribution in [0.1, 0.15) is 36.1 Å². The number of nitrogens with one attached hydrogen (secondary N) is 1. The normalized spacial score (nSPS) is 11.8. The van der Waals surface area contributed by atoms with E-state index in [4.69, 9.17) is 4.74 Å². The van der Waals surface area contributed by atoms with Gasteiger partial charge in [-0.3, -0.25) is 4.79 Å². The first-order chi connectivity index (χ1) is 10.6. The number of aryl methyl sites for hydroxylation is 2. The molecule has 0 unspecified atom stereocenters. The largest absolute Gasteiger partial charge is 0.497 e. The van der Waals surface area contributed by atoms with E-state index in [1.165, 1.54) is 5.56 Å². The summed E-state index contributed by atoms with van der Waals surface area (Å²) in [4.78, 5) is 12.1. The van der Waals surface area contributed by atoms with Crippen LogP contribution < -0.4 is 10.1 Å². The lowest BCUT2D eigenvalue weighted by molar-refractivity contribution is -0.121. The van der Waals surface area contributed by atoms with Crippen LogP contribution in [0.4, 0.5) is 0 Å². The molecule has 0 saturated carbocycles. The minimum absolute atomic E-state index is 0.0315. The number of amides is 1. The smallest absolute Gasteiger partial charge is 0.220 e. The van der Waals surface area contributed by atoms with E-state index in [0.717, 1.165) is 23.3 Å². The van der Waals surface area contributed by atoms with Crippen molar-refractivity contribution >= 4 is 5.91 Å². The quantitative estimate of drug-likeness (QED) is 0.880. The van der Waals surface area contributed by atoms with Crippen LogP contribution in [0.25, 0.3) is 0 Å². The number of carbonyl (C=O) groups is 1. The zero-order chi connectivity index (χ0) is 15.9. The van der Waals surface area contributed by atoms with E-state index in [-0.39, 0.29) is 11.9 Å². The van der Waals surface area contributed by atoms with Crippen LogP contribution in [-0.2, 0) is 11.2 Å². The molecule has 3 nitrogen and oxygen atoms in total. The minimum atomic E-state index is 0.0315. The van der Waals surface area contributed by atoms with Crippen molar-refractivity contribution in [3.8, 4) is 5.75 Å². The Balaban J connectivity index is 1.83. The SMILES string of the molecule is COc1ccc(CCC(=O)N[C@@H](C)c2ccc(C)cc2)cc1. The number of benzene rings is 2. The maximum absolute atomic E-state index is 12.1. The molecule has 22 heavy (non-hydrogen) atoms. The Kier molecular flexibility index (Phi) is 5.59. The summed E-state index contributed by atoms with van der Waals surface area (Å²) >= 11 is 0. The van der Waals surface area contributed by atoms with Gasteiger partial charge in [-0.1, -0.05) is 42.0 Å². The topological polar surface area (TPSA) is 38.3 Å². The summed E-state index contributed by atoms with van der Waals surface area (Å²) < 4.78 is 5.13. The lowest BCUT2D eigenvalue weighted by Crippen LogP contribution is -2.26. The number of rotatable bonds is 6. The minimum Gasteiger partial charge on any atom is -0.497 e. The highest BCUT2D eigenvalue weighted by molar-refractivity contribution is 5.76. The summed E-state index contributed by atoms with van der Waals surface area (Å²) in [7, 11) is 1.65. The molecule has 2 aromatic rings. The molecule has 0 spiro atoms. The van der Waals surface area contributed by atoms with Gasteiger partial charge in [0.2, 0.25) is 5.91 Å². The van der Waals surface area contributed by atoms with Gasteiger partial charge in [-0.05, 0) is 43.5 Å². The average molecular weight is 297 g/mol. The molecule has 1 amide bonds. The molecular weight excluding hydrogens is 274 g/mol. The van der Waals surface area contributed by atoms with Gasteiger partial charge in [0, 0.05) is 6.42 Å². The Labute approximate surface area is 132 Å². The number of hydrogen-bond donors (Lipinski definition) is 1. The summed E-state index contributed by atoms with van der Waals surface area (Å²) in [6, 6.07) is 16.1. The van der Waals surface area contributed by atoms with Crippen molar-refractivity contribution in [3.05, 3.63) is 65.2 Å². The predicted molar refractivity (Wildman–Crippen MR) is 89.1 cm³/mol. The molecular formula is C19H23NO2. The van der Waals surface area contributed by atoms with Crippen LogP contribution in [0.3, 0.4) is 0 Å². The molecule has 2 rings (SSSR count). The third kappa shape index (κ3) is 4.62. The van der Waals surface area contributed by atoms with Crippen molar-refractivity contribution in [3.63, 3.8) is 0 Å². The second-order valence-corrected chi connectivity index (χ2v) is 5.55. The van der Waals surface area contributed by atoms with E-state index in [1.807, 2.05) is 31.2 Å². The average Bonchev–Trinajstić information content (AvgIpc) is 2.54. The second kappa shape index (κ2) is 7.64. The molecule has 0 aliphatic heterocycles. The zero-order valence-electron chi connectivity index (χ0n) is 13.4. The Hall–Kier alpha value is -2.29. The summed E-state index contributed by atoms with van der Waals surface area (Å²) in [6.07, 6.45) is 1.22. The van der Waals surface area contributed by atoms with Crippen molar-refractivity contribution in [2.24, 2.45) is 0 Å². The first kappa shape index (κ1) is 16.1. The van der Waals surface area contributed by atoms with Gasteiger partial charge in [-0.25, -0.2) is 0 Å². The first-order valence-corrected chi connectivity index (χ1v) is 7.57. The fraction of sp³-hybridized carbons (Fsp3) is 0.316. The van der Waals surface area contributed by atoms with Crippen molar-refractivity contribution in [1.29, 1.82) is 0 Å². The van der Waals surface area contributed by atoms with E-state index in [0.29, 0.717) is 6.42 Å². The van der Waals surface area contributed by atoms with Gasteiger partial charge in [-0.15, -0.1) is 0 Å². The zero-order valence-corrected chi connectivity index (χ0v) is 13.4. The maximum atomic E-state index is 12.1. The van der Waals surface area contributed by atoms with Gasteiger partial charge in [0.15, 0.2) is 0 Å². The van der Waals surface area contributed by atoms with E-state index in [2.05, 4.69) is 36.5 Å². The number of carbonyl (C=O) groups excluding carboxylic acids is 1. The van der Waals surface area contributed by atoms with Gasteiger partial charge in [-0.2, -0.15) is 0 Å².